The fourth-order valence-electron chi connectivity index (χ4n) is 2.17. The number of thioether (sulfide) groups is 1. The van der Waals surface area contributed by atoms with Crippen LogP contribution in [-0.4, -0.2) is 21.6 Å². The lowest BCUT2D eigenvalue weighted by atomic mass is 9.93. The number of anilines is 1. The Balaban J connectivity index is 1.47. The van der Waals surface area contributed by atoms with Gasteiger partial charge in [0.25, 0.3) is 0 Å². The van der Waals surface area contributed by atoms with Crippen LogP contribution in [0.25, 0.3) is 11.5 Å². The minimum Gasteiger partial charge on any atom is -0.444 e. The van der Waals surface area contributed by atoms with Gasteiger partial charge in [0.15, 0.2) is 5.13 Å². The molecule has 0 spiro atoms. The minimum atomic E-state index is -0.0587. The van der Waals surface area contributed by atoms with Crippen LogP contribution in [0.5, 0.6) is 0 Å². The summed E-state index contributed by atoms with van der Waals surface area (Å²) in [5.41, 5.74) is 2.74. The zero-order valence-electron chi connectivity index (χ0n) is 15.0. The summed E-state index contributed by atoms with van der Waals surface area (Å²) in [4.78, 5) is 21.0. The van der Waals surface area contributed by atoms with Gasteiger partial charge in [-0.05, 0) is 12.1 Å². The standard InChI is InChI=1S/C19H21N3O2S2/c1-19(2,3)15-11-26-18(21-15)22-16(23)12-25-10-14-9-24-17(20-14)13-7-5-4-6-8-13/h4-9,11H,10,12H2,1-3H3,(H,21,22,23). The van der Waals surface area contributed by atoms with E-state index in [-0.39, 0.29) is 11.3 Å². The Morgan fingerprint density at radius 3 is 2.69 bits per heavy atom. The quantitative estimate of drug-likeness (QED) is 0.647. The van der Waals surface area contributed by atoms with Crippen LogP contribution in [0.15, 0.2) is 46.4 Å². The lowest BCUT2D eigenvalue weighted by Gasteiger charge is -2.14. The van der Waals surface area contributed by atoms with Gasteiger partial charge in [-0.1, -0.05) is 39.0 Å². The number of oxazole rings is 1. The molecule has 3 rings (SSSR count). The summed E-state index contributed by atoms with van der Waals surface area (Å²) < 4.78 is 5.51. The van der Waals surface area contributed by atoms with Gasteiger partial charge in [0, 0.05) is 22.1 Å². The summed E-state index contributed by atoms with van der Waals surface area (Å²) in [6.07, 6.45) is 1.64. The lowest BCUT2D eigenvalue weighted by molar-refractivity contribution is -0.113. The summed E-state index contributed by atoms with van der Waals surface area (Å²) in [5, 5.41) is 5.49. The molecule has 0 radical (unpaired) electrons. The molecule has 7 heteroatoms. The monoisotopic (exact) mass is 387 g/mol. The normalized spacial score (nSPS) is 11.5. The topological polar surface area (TPSA) is 68.0 Å². The first-order valence-electron chi connectivity index (χ1n) is 8.25. The molecule has 2 aromatic heterocycles. The number of benzene rings is 1. The van der Waals surface area contributed by atoms with Crippen LogP contribution in [0, 0.1) is 0 Å². The highest BCUT2D eigenvalue weighted by molar-refractivity contribution is 7.99. The van der Waals surface area contributed by atoms with Crippen LogP contribution < -0.4 is 5.32 Å². The molecule has 0 saturated heterocycles. The zero-order valence-corrected chi connectivity index (χ0v) is 16.6. The van der Waals surface area contributed by atoms with Crippen LogP contribution in [0.3, 0.4) is 0 Å². The number of nitrogens with one attached hydrogen (secondary N) is 1. The van der Waals surface area contributed by atoms with Gasteiger partial charge in [0.1, 0.15) is 6.26 Å². The predicted octanol–water partition coefficient (Wildman–Crippen LogP) is 4.97. The van der Waals surface area contributed by atoms with Gasteiger partial charge >= 0.3 is 0 Å². The van der Waals surface area contributed by atoms with E-state index >= 15 is 0 Å². The molecule has 1 aromatic carbocycles. The average Bonchev–Trinajstić information content (AvgIpc) is 3.25. The van der Waals surface area contributed by atoms with Crippen molar-refractivity contribution in [3.05, 3.63) is 53.4 Å². The lowest BCUT2D eigenvalue weighted by Crippen LogP contribution is -2.15. The molecule has 0 saturated carbocycles. The first-order valence-corrected chi connectivity index (χ1v) is 10.3. The van der Waals surface area contributed by atoms with Gasteiger partial charge in [-0.3, -0.25) is 4.79 Å². The number of rotatable bonds is 6. The van der Waals surface area contributed by atoms with E-state index in [2.05, 4.69) is 36.1 Å². The van der Waals surface area contributed by atoms with Crippen molar-refractivity contribution >= 4 is 34.1 Å². The van der Waals surface area contributed by atoms with E-state index in [1.165, 1.54) is 23.1 Å². The van der Waals surface area contributed by atoms with Gasteiger partial charge in [0.05, 0.1) is 17.1 Å². The van der Waals surface area contributed by atoms with Crippen molar-refractivity contribution in [3.8, 4) is 11.5 Å². The number of hydrogen-bond acceptors (Lipinski definition) is 6. The Labute approximate surface area is 161 Å². The number of nitrogens with zero attached hydrogens (tertiary/aromatic N) is 2. The van der Waals surface area contributed by atoms with Crippen molar-refractivity contribution in [2.75, 3.05) is 11.1 Å². The molecule has 0 aliphatic carbocycles. The van der Waals surface area contributed by atoms with Crippen LogP contribution in [0.2, 0.25) is 0 Å². The molecule has 3 aromatic rings. The molecule has 2 heterocycles. The summed E-state index contributed by atoms with van der Waals surface area (Å²) in [7, 11) is 0. The van der Waals surface area contributed by atoms with E-state index in [4.69, 9.17) is 4.42 Å². The fraction of sp³-hybridized carbons (Fsp3) is 0.316. The number of aromatic nitrogens is 2. The molecule has 0 fully saturated rings. The van der Waals surface area contributed by atoms with E-state index in [0.29, 0.717) is 22.5 Å². The molecule has 0 bridgehead atoms. The van der Waals surface area contributed by atoms with Crippen molar-refractivity contribution in [1.29, 1.82) is 0 Å². The first kappa shape index (κ1) is 18.7. The Bertz CT molecular complexity index is 866. The largest absolute Gasteiger partial charge is 0.444 e. The van der Waals surface area contributed by atoms with Crippen molar-refractivity contribution < 1.29 is 9.21 Å². The molecule has 1 amide bonds. The molecule has 26 heavy (non-hydrogen) atoms. The zero-order chi connectivity index (χ0) is 18.6. The fourth-order valence-corrected chi connectivity index (χ4v) is 3.82. The summed E-state index contributed by atoms with van der Waals surface area (Å²) in [5.74, 6) is 1.51. The molecule has 5 nitrogen and oxygen atoms in total. The minimum absolute atomic E-state index is 0.0162. The summed E-state index contributed by atoms with van der Waals surface area (Å²) >= 11 is 2.95. The van der Waals surface area contributed by atoms with Crippen LogP contribution >= 0.6 is 23.1 Å². The van der Waals surface area contributed by atoms with Crippen LogP contribution in [0.1, 0.15) is 32.2 Å². The smallest absolute Gasteiger partial charge is 0.236 e. The number of carbonyl (C=O) groups is 1. The first-order chi connectivity index (χ1) is 12.4. The maximum atomic E-state index is 12.1. The van der Waals surface area contributed by atoms with Crippen LogP contribution in [0.4, 0.5) is 5.13 Å². The van der Waals surface area contributed by atoms with Gasteiger partial charge < -0.3 is 9.73 Å². The van der Waals surface area contributed by atoms with Crippen molar-refractivity contribution in [1.82, 2.24) is 9.97 Å². The van der Waals surface area contributed by atoms with Crippen molar-refractivity contribution in [2.24, 2.45) is 0 Å². The van der Waals surface area contributed by atoms with Gasteiger partial charge in [-0.25, -0.2) is 9.97 Å². The Kier molecular flexibility index (Phi) is 5.78. The predicted molar refractivity (Wildman–Crippen MR) is 108 cm³/mol. The molecule has 0 aliphatic heterocycles. The molecule has 136 valence electrons. The van der Waals surface area contributed by atoms with E-state index in [1.54, 1.807) is 6.26 Å². The van der Waals surface area contributed by atoms with E-state index < -0.39 is 0 Å². The number of hydrogen-bond donors (Lipinski definition) is 1. The second kappa shape index (κ2) is 8.05. The van der Waals surface area contributed by atoms with E-state index in [0.717, 1.165) is 17.0 Å². The highest BCUT2D eigenvalue weighted by Crippen LogP contribution is 2.26. The average molecular weight is 388 g/mol. The highest BCUT2D eigenvalue weighted by Gasteiger charge is 2.18. The maximum absolute atomic E-state index is 12.1. The number of thiazole rings is 1. The number of amides is 1. The maximum Gasteiger partial charge on any atom is 0.236 e. The van der Waals surface area contributed by atoms with Gasteiger partial charge in [0.2, 0.25) is 11.8 Å². The second-order valence-electron chi connectivity index (χ2n) is 6.84. The third kappa shape index (κ3) is 4.95. The molecular formula is C19H21N3O2S2. The summed E-state index contributed by atoms with van der Waals surface area (Å²) in [6, 6.07) is 9.75. The van der Waals surface area contributed by atoms with Crippen molar-refractivity contribution in [3.63, 3.8) is 0 Å². The van der Waals surface area contributed by atoms with Gasteiger partial charge in [-0.15, -0.1) is 23.1 Å². The molecule has 1 N–H and O–H groups in total. The van der Waals surface area contributed by atoms with E-state index in [9.17, 15) is 4.79 Å². The third-order valence-electron chi connectivity index (χ3n) is 3.57. The third-order valence-corrected chi connectivity index (χ3v) is 5.30. The Morgan fingerprint density at radius 1 is 1.23 bits per heavy atom. The SMILES string of the molecule is CC(C)(C)c1csc(NC(=O)CSCc2coc(-c3ccccc3)n2)n1. The molecule has 0 aliphatic rings. The molecular weight excluding hydrogens is 366 g/mol. The van der Waals surface area contributed by atoms with Gasteiger partial charge in [-0.2, -0.15) is 0 Å². The van der Waals surface area contributed by atoms with E-state index in [1.807, 2.05) is 35.7 Å². The number of carbonyl (C=O) groups excluding carboxylic acids is 1. The van der Waals surface area contributed by atoms with Crippen molar-refractivity contribution in [2.45, 2.75) is 31.9 Å². The Morgan fingerprint density at radius 2 is 2.00 bits per heavy atom. The molecule has 0 atom stereocenters. The second-order valence-corrected chi connectivity index (χ2v) is 8.68. The summed E-state index contributed by atoms with van der Waals surface area (Å²) in [6.45, 7) is 6.31. The molecule has 0 unspecified atom stereocenters. The highest BCUT2D eigenvalue weighted by atomic mass is 32.2. The Hall–Kier alpha value is -2.12. The van der Waals surface area contributed by atoms with Crippen LogP contribution in [-0.2, 0) is 16.0 Å².